The van der Waals surface area contributed by atoms with Crippen molar-refractivity contribution in [2.24, 2.45) is 5.73 Å². The minimum absolute atomic E-state index is 0.0814. The molecule has 2 aliphatic rings. The zero-order chi connectivity index (χ0) is 20.5. The first-order valence-electron chi connectivity index (χ1n) is 9.64. The molecule has 0 radical (unpaired) electrons. The molecule has 9 heteroatoms. The maximum Gasteiger partial charge on any atom is 0.316 e. The third kappa shape index (κ3) is 4.06. The van der Waals surface area contributed by atoms with E-state index in [1.54, 1.807) is 6.20 Å². The Morgan fingerprint density at radius 2 is 1.90 bits per heavy atom. The third-order valence-corrected chi connectivity index (χ3v) is 5.79. The largest absolute Gasteiger partial charge is 0.461 e. The van der Waals surface area contributed by atoms with E-state index in [0.29, 0.717) is 32.0 Å². The Hall–Kier alpha value is -2.26. The maximum absolute atomic E-state index is 14.2. The summed E-state index contributed by atoms with van der Waals surface area (Å²) in [5, 5.41) is 0. The number of benzene rings is 1. The summed E-state index contributed by atoms with van der Waals surface area (Å²) in [5.74, 6) is -3.37. The molecule has 1 aromatic heterocycles. The van der Waals surface area contributed by atoms with Crippen molar-refractivity contribution >= 4 is 0 Å². The molecule has 0 amide bonds. The van der Waals surface area contributed by atoms with Crippen molar-refractivity contribution in [3.8, 4) is 6.01 Å². The second kappa shape index (κ2) is 8.23. The molecule has 29 heavy (non-hydrogen) atoms. The number of alkyl halides is 1. The lowest BCUT2D eigenvalue weighted by Gasteiger charge is -2.38. The van der Waals surface area contributed by atoms with Gasteiger partial charge in [0.25, 0.3) is 0 Å². The van der Waals surface area contributed by atoms with Crippen LogP contribution in [0.15, 0.2) is 18.3 Å². The van der Waals surface area contributed by atoms with Crippen LogP contribution in [-0.2, 0) is 13.1 Å². The van der Waals surface area contributed by atoms with Crippen LogP contribution in [0.3, 0.4) is 0 Å². The number of nitrogens with two attached hydrogens (primary N) is 1. The van der Waals surface area contributed by atoms with E-state index in [-0.39, 0.29) is 36.2 Å². The average Bonchev–Trinajstić information content (AvgIpc) is 3.13. The lowest BCUT2D eigenvalue weighted by molar-refractivity contribution is 0.137. The molecule has 0 spiro atoms. The van der Waals surface area contributed by atoms with Crippen molar-refractivity contribution in [2.75, 3.05) is 13.3 Å². The summed E-state index contributed by atoms with van der Waals surface area (Å²) >= 11 is 0. The highest BCUT2D eigenvalue weighted by atomic mass is 19.2. The Kier molecular flexibility index (Phi) is 5.69. The first-order valence-corrected chi connectivity index (χ1v) is 9.64. The highest BCUT2D eigenvalue weighted by Crippen LogP contribution is 2.38. The lowest BCUT2D eigenvalue weighted by Crippen LogP contribution is -2.44. The molecule has 0 saturated heterocycles. The third-order valence-electron chi connectivity index (χ3n) is 5.79. The number of halogens is 4. The van der Waals surface area contributed by atoms with Gasteiger partial charge in [0.1, 0.15) is 19.1 Å². The van der Waals surface area contributed by atoms with Gasteiger partial charge >= 0.3 is 6.01 Å². The topological polar surface area (TPSA) is 64.3 Å². The van der Waals surface area contributed by atoms with E-state index in [4.69, 9.17) is 10.5 Å². The van der Waals surface area contributed by atoms with Gasteiger partial charge in [-0.1, -0.05) is 0 Å². The van der Waals surface area contributed by atoms with Crippen LogP contribution < -0.4 is 10.5 Å². The van der Waals surface area contributed by atoms with Gasteiger partial charge < -0.3 is 10.5 Å². The minimum Gasteiger partial charge on any atom is -0.461 e. The van der Waals surface area contributed by atoms with Crippen LogP contribution in [0.25, 0.3) is 0 Å². The van der Waals surface area contributed by atoms with Crippen LogP contribution in [0.5, 0.6) is 6.01 Å². The molecule has 2 N–H and O–H groups in total. The highest BCUT2D eigenvalue weighted by Gasteiger charge is 2.36. The van der Waals surface area contributed by atoms with Crippen molar-refractivity contribution in [1.29, 1.82) is 0 Å². The van der Waals surface area contributed by atoms with Crippen LogP contribution >= 0.6 is 0 Å². The van der Waals surface area contributed by atoms with Gasteiger partial charge in [-0.15, -0.1) is 0 Å². The van der Waals surface area contributed by atoms with Gasteiger partial charge in [-0.05, 0) is 30.9 Å². The molecule has 2 aromatic rings. The number of rotatable bonds is 5. The first-order chi connectivity index (χ1) is 14.0. The van der Waals surface area contributed by atoms with Crippen LogP contribution in [0.1, 0.15) is 42.0 Å². The molecule has 156 valence electrons. The smallest absolute Gasteiger partial charge is 0.316 e. The van der Waals surface area contributed by atoms with E-state index in [0.717, 1.165) is 23.7 Å². The number of fused-ring (bicyclic) bond motifs is 1. The van der Waals surface area contributed by atoms with E-state index in [9.17, 15) is 17.6 Å². The number of aromatic nitrogens is 2. The quantitative estimate of drug-likeness (QED) is 0.606. The van der Waals surface area contributed by atoms with E-state index in [1.807, 2.05) is 0 Å². The molecule has 1 aliphatic heterocycles. The van der Waals surface area contributed by atoms with Crippen molar-refractivity contribution in [2.45, 2.75) is 50.4 Å². The number of hydrogen-bond donors (Lipinski definition) is 1. The Morgan fingerprint density at radius 1 is 1.10 bits per heavy atom. The normalized spacial score (nSPS) is 24.5. The Morgan fingerprint density at radius 3 is 2.66 bits per heavy atom. The summed E-state index contributed by atoms with van der Waals surface area (Å²) in [6.45, 7) is 0.583. The molecule has 1 fully saturated rings. The molecule has 2 unspecified atom stereocenters. The van der Waals surface area contributed by atoms with Gasteiger partial charge in [-0.2, -0.15) is 4.98 Å². The van der Waals surface area contributed by atoms with Gasteiger partial charge in [0.05, 0.1) is 5.69 Å². The number of ether oxygens (including phenoxy) is 1. The van der Waals surface area contributed by atoms with Gasteiger partial charge in [-0.25, -0.2) is 22.5 Å². The Labute approximate surface area is 165 Å². The molecule has 2 heterocycles. The predicted octanol–water partition coefficient (Wildman–Crippen LogP) is 3.22. The first kappa shape index (κ1) is 20.0. The molecule has 0 bridgehead atoms. The van der Waals surface area contributed by atoms with Crippen molar-refractivity contribution < 1.29 is 22.3 Å². The van der Waals surface area contributed by atoms with Crippen molar-refractivity contribution in [1.82, 2.24) is 14.9 Å². The van der Waals surface area contributed by atoms with E-state index in [1.165, 1.54) is 0 Å². The van der Waals surface area contributed by atoms with Crippen molar-refractivity contribution in [3.05, 3.63) is 52.6 Å². The summed E-state index contributed by atoms with van der Waals surface area (Å²) < 4.78 is 58.4. The van der Waals surface area contributed by atoms with Gasteiger partial charge in [0, 0.05) is 48.9 Å². The van der Waals surface area contributed by atoms with E-state index in [2.05, 4.69) is 14.9 Å². The summed E-state index contributed by atoms with van der Waals surface area (Å²) in [6.07, 6.45) is 3.63. The SMILES string of the molecule is NC1CC(N2Cc3cnc(OCCF)nc3C2)CC[C@@H]1c1cc(F)c(F)cc1F. The van der Waals surface area contributed by atoms with Crippen molar-refractivity contribution in [3.63, 3.8) is 0 Å². The molecular weight excluding hydrogens is 388 g/mol. The van der Waals surface area contributed by atoms with Crippen LogP contribution in [-0.4, -0.2) is 40.2 Å². The fourth-order valence-electron chi connectivity index (χ4n) is 4.34. The Balaban J connectivity index is 1.42. The predicted molar refractivity (Wildman–Crippen MR) is 97.4 cm³/mol. The molecule has 1 aliphatic carbocycles. The monoisotopic (exact) mass is 410 g/mol. The van der Waals surface area contributed by atoms with E-state index >= 15 is 0 Å². The zero-order valence-electron chi connectivity index (χ0n) is 15.8. The van der Waals surface area contributed by atoms with Gasteiger partial charge in [-0.3, -0.25) is 4.90 Å². The summed E-state index contributed by atoms with van der Waals surface area (Å²) in [4.78, 5) is 10.7. The minimum atomic E-state index is -1.20. The number of nitrogens with zero attached hydrogens (tertiary/aromatic N) is 3. The van der Waals surface area contributed by atoms with Crippen LogP contribution in [0, 0.1) is 17.5 Å². The van der Waals surface area contributed by atoms with Crippen LogP contribution in [0.4, 0.5) is 17.6 Å². The number of hydrogen-bond acceptors (Lipinski definition) is 5. The molecule has 1 saturated carbocycles. The Bertz CT molecular complexity index is 897. The second-order valence-electron chi connectivity index (χ2n) is 7.59. The summed E-state index contributed by atoms with van der Waals surface area (Å²) in [7, 11) is 0. The fraction of sp³-hybridized carbons (Fsp3) is 0.500. The summed E-state index contributed by atoms with van der Waals surface area (Å²) in [5.41, 5.74) is 8.29. The zero-order valence-corrected chi connectivity index (χ0v) is 15.8. The molecule has 3 atom stereocenters. The van der Waals surface area contributed by atoms with E-state index < -0.39 is 24.1 Å². The molecular formula is C20H22F4N4O. The lowest BCUT2D eigenvalue weighted by atomic mass is 9.77. The van der Waals surface area contributed by atoms with Gasteiger partial charge in [0.15, 0.2) is 11.6 Å². The molecule has 4 rings (SSSR count). The summed E-state index contributed by atoms with van der Waals surface area (Å²) in [6, 6.07) is 1.47. The maximum atomic E-state index is 14.2. The second-order valence-corrected chi connectivity index (χ2v) is 7.59. The molecule has 1 aromatic carbocycles. The van der Waals surface area contributed by atoms with Crippen LogP contribution in [0.2, 0.25) is 0 Å². The van der Waals surface area contributed by atoms with Gasteiger partial charge in [0.2, 0.25) is 0 Å². The standard InChI is InChI=1S/C20H22F4N4O/c21-3-4-29-20-26-8-11-9-28(10-19(11)27-20)12-1-2-13(18(25)5-12)14-6-16(23)17(24)7-15(14)22/h6-8,12-13,18H,1-5,9-10,25H2/t12?,13-,18?/m1/s1. The average molecular weight is 410 g/mol. The fourth-order valence-corrected chi connectivity index (χ4v) is 4.34. The highest BCUT2D eigenvalue weighted by molar-refractivity contribution is 5.27. The molecule has 5 nitrogen and oxygen atoms in total.